The van der Waals surface area contributed by atoms with E-state index in [-0.39, 0.29) is 0 Å². The van der Waals surface area contributed by atoms with Gasteiger partial charge in [-0.25, -0.2) is 9.97 Å². The van der Waals surface area contributed by atoms with E-state index in [0.29, 0.717) is 18.7 Å². The van der Waals surface area contributed by atoms with E-state index in [2.05, 4.69) is 42.1 Å². The summed E-state index contributed by atoms with van der Waals surface area (Å²) in [6.07, 6.45) is 7.36. The number of hydrogen-bond donors (Lipinski definition) is 0. The molecule has 0 radical (unpaired) electrons. The first-order valence-corrected chi connectivity index (χ1v) is 10.0. The zero-order chi connectivity index (χ0) is 18.2. The van der Waals surface area contributed by atoms with Crippen molar-refractivity contribution in [2.75, 3.05) is 29.5 Å². The third kappa shape index (κ3) is 3.48. The molecule has 2 aliphatic heterocycles. The molecule has 3 aliphatic rings. The van der Waals surface area contributed by atoms with Crippen LogP contribution >= 0.6 is 0 Å². The van der Waals surface area contributed by atoms with Crippen molar-refractivity contribution >= 4 is 11.6 Å². The summed E-state index contributed by atoms with van der Waals surface area (Å²) in [5, 5.41) is 8.93. The van der Waals surface area contributed by atoms with Crippen molar-refractivity contribution < 1.29 is 4.74 Å². The molecule has 7 nitrogen and oxygen atoms in total. The van der Waals surface area contributed by atoms with E-state index in [4.69, 9.17) is 4.74 Å². The lowest BCUT2D eigenvalue weighted by Crippen LogP contribution is -2.46. The molecule has 0 aromatic carbocycles. The Bertz CT molecular complexity index is 816. The Morgan fingerprint density at radius 3 is 2.63 bits per heavy atom. The van der Waals surface area contributed by atoms with Crippen LogP contribution in [0.25, 0.3) is 0 Å². The van der Waals surface area contributed by atoms with Crippen LogP contribution in [0.5, 0.6) is 0 Å². The van der Waals surface area contributed by atoms with E-state index in [1.54, 1.807) is 6.33 Å². The maximum absolute atomic E-state index is 5.57. The molecule has 0 unspecified atom stereocenters. The summed E-state index contributed by atoms with van der Waals surface area (Å²) in [4.78, 5) is 13.8. The number of rotatable bonds is 4. The molecule has 5 rings (SSSR count). The maximum atomic E-state index is 5.57. The fourth-order valence-corrected chi connectivity index (χ4v) is 4.26. The van der Waals surface area contributed by atoms with Gasteiger partial charge in [-0.3, -0.25) is 0 Å². The zero-order valence-electron chi connectivity index (χ0n) is 15.8. The lowest BCUT2D eigenvalue weighted by atomic mass is 10.0. The summed E-state index contributed by atoms with van der Waals surface area (Å²) in [5.41, 5.74) is 3.33. The third-order valence-electron chi connectivity index (χ3n) is 5.86. The minimum atomic E-state index is 0.539. The molecule has 7 heteroatoms. The maximum Gasteiger partial charge on any atom is 0.151 e. The van der Waals surface area contributed by atoms with Crippen LogP contribution in [0, 0.1) is 6.92 Å². The quantitative estimate of drug-likeness (QED) is 0.822. The van der Waals surface area contributed by atoms with Crippen molar-refractivity contribution in [2.45, 2.75) is 57.7 Å². The van der Waals surface area contributed by atoms with Gasteiger partial charge in [0.1, 0.15) is 12.1 Å². The van der Waals surface area contributed by atoms with Crippen molar-refractivity contribution in [1.29, 1.82) is 0 Å². The molecule has 0 amide bonds. The lowest BCUT2D eigenvalue weighted by Gasteiger charge is -2.40. The number of nitrogens with zero attached hydrogens (tertiary/aromatic N) is 6. The van der Waals surface area contributed by atoms with Crippen LogP contribution < -0.4 is 9.80 Å². The molecule has 0 N–H and O–H groups in total. The van der Waals surface area contributed by atoms with E-state index >= 15 is 0 Å². The fourth-order valence-electron chi connectivity index (χ4n) is 4.26. The summed E-state index contributed by atoms with van der Waals surface area (Å²) in [5.74, 6) is 2.09. The first kappa shape index (κ1) is 16.9. The van der Waals surface area contributed by atoms with Gasteiger partial charge in [0.2, 0.25) is 0 Å². The van der Waals surface area contributed by atoms with Gasteiger partial charge in [-0.1, -0.05) is 0 Å². The molecule has 1 aliphatic carbocycles. The van der Waals surface area contributed by atoms with E-state index < -0.39 is 0 Å². The molecular weight excluding hydrogens is 340 g/mol. The van der Waals surface area contributed by atoms with Crippen molar-refractivity contribution in [3.05, 3.63) is 35.4 Å². The Hall–Kier alpha value is -2.28. The van der Waals surface area contributed by atoms with Crippen LogP contribution in [0.15, 0.2) is 18.5 Å². The second-order valence-electron chi connectivity index (χ2n) is 7.85. The number of aryl methyl sites for hydroxylation is 1. The largest absolute Gasteiger partial charge is 0.376 e. The fraction of sp³-hybridized carbons (Fsp3) is 0.600. The van der Waals surface area contributed by atoms with E-state index in [0.717, 1.165) is 62.0 Å². The molecule has 2 aromatic rings. The summed E-state index contributed by atoms with van der Waals surface area (Å²) in [6, 6.07) is 5.49. The van der Waals surface area contributed by atoms with E-state index in [1.165, 1.54) is 18.4 Å². The van der Waals surface area contributed by atoms with Crippen molar-refractivity contribution in [3.63, 3.8) is 0 Å². The highest BCUT2D eigenvalue weighted by molar-refractivity contribution is 5.46. The number of fused-ring (bicyclic) bond motifs is 1. The van der Waals surface area contributed by atoms with Crippen LogP contribution in [0.3, 0.4) is 0 Å². The highest BCUT2D eigenvalue weighted by Gasteiger charge is 2.36. The van der Waals surface area contributed by atoms with Crippen molar-refractivity contribution in [3.8, 4) is 0 Å². The van der Waals surface area contributed by atoms with Crippen molar-refractivity contribution in [2.24, 2.45) is 0 Å². The average Bonchev–Trinajstić information content (AvgIpc) is 3.53. The Balaban J connectivity index is 1.29. The predicted octanol–water partition coefficient (Wildman–Crippen LogP) is 2.29. The first-order chi connectivity index (χ1) is 13.3. The van der Waals surface area contributed by atoms with Crippen LogP contribution in [-0.2, 0) is 17.8 Å². The highest BCUT2D eigenvalue weighted by atomic mass is 16.5. The minimum absolute atomic E-state index is 0.539. The summed E-state index contributed by atoms with van der Waals surface area (Å²) < 4.78 is 5.57. The van der Waals surface area contributed by atoms with E-state index in [1.807, 2.05) is 6.92 Å². The molecule has 2 aromatic heterocycles. The molecule has 2 fully saturated rings. The SMILES string of the molecule is Cc1cc(N(C2CC2)C2CCN(c3cc4c(nn3)CCOC4)CC2)ncn1. The summed E-state index contributed by atoms with van der Waals surface area (Å²) in [6.45, 7) is 5.47. The van der Waals surface area contributed by atoms with Gasteiger partial charge in [-0.05, 0) is 38.7 Å². The van der Waals surface area contributed by atoms with Gasteiger partial charge in [0.15, 0.2) is 5.82 Å². The summed E-state index contributed by atoms with van der Waals surface area (Å²) >= 11 is 0. The predicted molar refractivity (Wildman–Crippen MR) is 103 cm³/mol. The Morgan fingerprint density at radius 1 is 1.04 bits per heavy atom. The monoisotopic (exact) mass is 366 g/mol. The molecule has 0 atom stereocenters. The highest BCUT2D eigenvalue weighted by Crippen LogP contribution is 2.35. The molecule has 0 bridgehead atoms. The number of piperidine rings is 1. The molecule has 1 saturated heterocycles. The molecule has 0 spiro atoms. The Morgan fingerprint density at radius 2 is 1.85 bits per heavy atom. The van der Waals surface area contributed by atoms with Crippen LogP contribution in [0.4, 0.5) is 11.6 Å². The Kier molecular flexibility index (Phi) is 4.39. The van der Waals surface area contributed by atoms with Gasteiger partial charge >= 0.3 is 0 Å². The average molecular weight is 366 g/mol. The van der Waals surface area contributed by atoms with Crippen molar-refractivity contribution in [1.82, 2.24) is 20.2 Å². The van der Waals surface area contributed by atoms with Gasteiger partial charge in [0.05, 0.1) is 18.9 Å². The number of aromatic nitrogens is 4. The summed E-state index contributed by atoms with van der Waals surface area (Å²) in [7, 11) is 0. The lowest BCUT2D eigenvalue weighted by molar-refractivity contribution is 0.109. The smallest absolute Gasteiger partial charge is 0.151 e. The number of anilines is 2. The van der Waals surface area contributed by atoms with Gasteiger partial charge in [-0.15, -0.1) is 5.10 Å². The topological polar surface area (TPSA) is 67.3 Å². The number of hydrogen-bond acceptors (Lipinski definition) is 7. The normalized spacial score (nSPS) is 20.4. The van der Waals surface area contributed by atoms with Crippen LogP contribution in [0.2, 0.25) is 0 Å². The zero-order valence-corrected chi connectivity index (χ0v) is 15.8. The first-order valence-electron chi connectivity index (χ1n) is 10.0. The molecule has 142 valence electrons. The molecular formula is C20H26N6O. The molecule has 1 saturated carbocycles. The standard InChI is InChI=1S/C20H26N6O/c1-14-10-19(22-13-21-14)26(16-2-3-16)17-4-7-25(8-5-17)20-11-15-12-27-9-6-18(15)23-24-20/h10-11,13,16-17H,2-9,12H2,1H3. The van der Waals surface area contributed by atoms with Gasteiger partial charge in [-0.2, -0.15) is 5.10 Å². The van der Waals surface area contributed by atoms with Crippen LogP contribution in [-0.4, -0.2) is 51.9 Å². The van der Waals surface area contributed by atoms with Gasteiger partial charge in [0, 0.05) is 48.9 Å². The number of ether oxygens (including phenoxy) is 1. The minimum Gasteiger partial charge on any atom is -0.376 e. The van der Waals surface area contributed by atoms with Gasteiger partial charge in [0.25, 0.3) is 0 Å². The second kappa shape index (κ2) is 7.03. The molecule has 4 heterocycles. The molecule has 27 heavy (non-hydrogen) atoms. The Labute approximate surface area is 159 Å². The second-order valence-corrected chi connectivity index (χ2v) is 7.85. The van der Waals surface area contributed by atoms with Crippen LogP contribution in [0.1, 0.15) is 42.6 Å². The third-order valence-corrected chi connectivity index (χ3v) is 5.86. The van der Waals surface area contributed by atoms with E-state index in [9.17, 15) is 0 Å². The van der Waals surface area contributed by atoms with Gasteiger partial charge < -0.3 is 14.5 Å².